The average Bonchev–Trinajstić information content (AvgIpc) is 2.63. The van der Waals surface area contributed by atoms with Gasteiger partial charge in [0.05, 0.1) is 6.10 Å². The van der Waals surface area contributed by atoms with E-state index in [1.165, 1.54) is 12.1 Å². The molecule has 3 rings (SSSR count). The lowest BCUT2D eigenvalue weighted by Crippen LogP contribution is -2.35. The molecule has 2 aromatic rings. The van der Waals surface area contributed by atoms with Crippen LogP contribution in [0.4, 0.5) is 10.1 Å². The molecule has 1 N–H and O–H groups in total. The molecule has 0 aliphatic carbocycles. The first-order chi connectivity index (χ1) is 12.0. The summed E-state index contributed by atoms with van der Waals surface area (Å²) in [5.41, 5.74) is 2.92. The van der Waals surface area contributed by atoms with Crippen molar-refractivity contribution in [2.75, 3.05) is 18.0 Å². The van der Waals surface area contributed by atoms with Crippen LogP contribution in [0.3, 0.4) is 0 Å². The minimum absolute atomic E-state index is 0.110. The van der Waals surface area contributed by atoms with Gasteiger partial charge in [-0.25, -0.2) is 4.39 Å². The van der Waals surface area contributed by atoms with Crippen molar-refractivity contribution in [3.63, 3.8) is 0 Å². The molecule has 0 spiro atoms. The number of aryl methyl sites for hydroxylation is 1. The second-order valence-electron chi connectivity index (χ2n) is 6.47. The topological polar surface area (TPSA) is 40.5 Å². The Balaban J connectivity index is 1.66. The van der Waals surface area contributed by atoms with Crippen LogP contribution in [-0.4, -0.2) is 30.1 Å². The number of anilines is 1. The zero-order valence-corrected chi connectivity index (χ0v) is 14.3. The van der Waals surface area contributed by atoms with Gasteiger partial charge in [-0.05, 0) is 67.3 Å². The van der Waals surface area contributed by atoms with Gasteiger partial charge < -0.3 is 10.0 Å². The smallest absolute Gasteiger partial charge is 0.185 e. The molecule has 0 aromatic heterocycles. The van der Waals surface area contributed by atoms with Crippen LogP contribution in [0.25, 0.3) is 6.08 Å². The molecule has 3 nitrogen and oxygen atoms in total. The van der Waals surface area contributed by atoms with E-state index in [0.717, 1.165) is 31.6 Å². The summed E-state index contributed by atoms with van der Waals surface area (Å²) in [6.45, 7) is 3.36. The third kappa shape index (κ3) is 4.34. The summed E-state index contributed by atoms with van der Waals surface area (Å²) >= 11 is 0. The molecule has 1 fully saturated rings. The van der Waals surface area contributed by atoms with Gasteiger partial charge in [-0.2, -0.15) is 0 Å². The minimum Gasteiger partial charge on any atom is -0.393 e. The molecule has 2 aromatic carbocycles. The van der Waals surface area contributed by atoms with Crippen molar-refractivity contribution in [1.29, 1.82) is 0 Å². The zero-order valence-electron chi connectivity index (χ0n) is 14.3. The quantitative estimate of drug-likeness (QED) is 0.676. The normalized spacial score (nSPS) is 15.7. The lowest BCUT2D eigenvalue weighted by atomic mass is 10.1. The minimum atomic E-state index is -0.273. The van der Waals surface area contributed by atoms with Gasteiger partial charge >= 0.3 is 0 Å². The maximum absolute atomic E-state index is 13.5. The first-order valence-corrected chi connectivity index (χ1v) is 8.54. The van der Waals surface area contributed by atoms with Gasteiger partial charge in [-0.15, -0.1) is 0 Å². The van der Waals surface area contributed by atoms with E-state index >= 15 is 0 Å². The molecule has 0 atom stereocenters. The maximum atomic E-state index is 13.5. The van der Waals surface area contributed by atoms with Crippen LogP contribution in [-0.2, 0) is 0 Å². The van der Waals surface area contributed by atoms with E-state index in [9.17, 15) is 14.3 Å². The van der Waals surface area contributed by atoms with Gasteiger partial charge in [0.25, 0.3) is 0 Å². The van der Waals surface area contributed by atoms with E-state index < -0.39 is 0 Å². The number of aliphatic hydroxyl groups excluding tert-OH is 1. The summed E-state index contributed by atoms with van der Waals surface area (Å²) in [7, 11) is 0. The molecule has 25 heavy (non-hydrogen) atoms. The van der Waals surface area contributed by atoms with Crippen LogP contribution in [0.2, 0.25) is 0 Å². The largest absolute Gasteiger partial charge is 0.393 e. The average molecular weight is 339 g/mol. The highest BCUT2D eigenvalue weighted by atomic mass is 19.1. The molecule has 4 heteroatoms. The standard InChI is InChI=1S/C21H22FNO2/c1-15-2-3-16(14-20(15)22)4-9-21(25)17-5-7-18(8-6-17)23-12-10-19(24)11-13-23/h2-9,14,19,24H,10-13H2,1H3. The molecular formula is C21H22FNO2. The van der Waals surface area contributed by atoms with Crippen molar-refractivity contribution in [2.24, 2.45) is 0 Å². The predicted molar refractivity (Wildman–Crippen MR) is 98.4 cm³/mol. The molecule has 1 aliphatic rings. The van der Waals surface area contributed by atoms with Gasteiger partial charge in [0.15, 0.2) is 5.78 Å². The van der Waals surface area contributed by atoms with E-state index in [-0.39, 0.29) is 17.7 Å². The van der Waals surface area contributed by atoms with Crippen LogP contribution in [0, 0.1) is 12.7 Å². The van der Waals surface area contributed by atoms with Gasteiger partial charge in [-0.3, -0.25) is 4.79 Å². The summed E-state index contributed by atoms with van der Waals surface area (Å²) in [4.78, 5) is 14.5. The van der Waals surface area contributed by atoms with E-state index in [1.807, 2.05) is 24.3 Å². The second kappa shape index (κ2) is 7.62. The van der Waals surface area contributed by atoms with Crippen LogP contribution >= 0.6 is 0 Å². The zero-order chi connectivity index (χ0) is 17.8. The molecule has 130 valence electrons. The summed E-state index contributed by atoms with van der Waals surface area (Å²) < 4.78 is 13.5. The lowest BCUT2D eigenvalue weighted by molar-refractivity contribution is 0.104. The van der Waals surface area contributed by atoms with Crippen molar-refractivity contribution in [3.05, 3.63) is 71.0 Å². The molecule has 0 amide bonds. The number of hydrogen-bond acceptors (Lipinski definition) is 3. The van der Waals surface area contributed by atoms with Crippen LogP contribution < -0.4 is 4.90 Å². The highest BCUT2D eigenvalue weighted by Crippen LogP contribution is 2.21. The molecule has 0 unspecified atom stereocenters. The van der Waals surface area contributed by atoms with Gasteiger partial charge in [0.2, 0.25) is 0 Å². The van der Waals surface area contributed by atoms with Gasteiger partial charge in [-0.1, -0.05) is 18.2 Å². The number of carbonyl (C=O) groups excluding carboxylic acids is 1. The Kier molecular flexibility index (Phi) is 5.29. The van der Waals surface area contributed by atoms with Crippen LogP contribution in [0.15, 0.2) is 48.5 Å². The summed E-state index contributed by atoms with van der Waals surface area (Å²) in [5, 5.41) is 9.57. The Morgan fingerprint density at radius 1 is 1.16 bits per heavy atom. The number of carbonyl (C=O) groups is 1. The monoisotopic (exact) mass is 339 g/mol. The number of ketones is 1. The Labute approximate surface area is 147 Å². The Hall–Kier alpha value is -2.46. The summed E-state index contributed by atoms with van der Waals surface area (Å²) in [6.07, 6.45) is 4.45. The molecule has 0 radical (unpaired) electrons. The fourth-order valence-corrected chi connectivity index (χ4v) is 2.94. The van der Waals surface area contributed by atoms with Crippen LogP contribution in [0.5, 0.6) is 0 Å². The first kappa shape index (κ1) is 17.4. The summed E-state index contributed by atoms with van der Waals surface area (Å²) in [6, 6.07) is 12.4. The number of allylic oxidation sites excluding steroid dienone is 1. The molecule has 1 heterocycles. The van der Waals surface area contributed by atoms with E-state index in [4.69, 9.17) is 0 Å². The Morgan fingerprint density at radius 3 is 2.48 bits per heavy atom. The molecule has 0 saturated carbocycles. The van der Waals surface area contributed by atoms with Crippen molar-refractivity contribution in [1.82, 2.24) is 0 Å². The third-order valence-corrected chi connectivity index (χ3v) is 4.60. The lowest BCUT2D eigenvalue weighted by Gasteiger charge is -2.31. The number of halogens is 1. The number of aliphatic hydroxyl groups is 1. The molecule has 1 aliphatic heterocycles. The van der Waals surface area contributed by atoms with Gasteiger partial charge in [0.1, 0.15) is 5.82 Å². The van der Waals surface area contributed by atoms with Gasteiger partial charge in [0, 0.05) is 24.3 Å². The van der Waals surface area contributed by atoms with E-state index in [0.29, 0.717) is 16.7 Å². The Morgan fingerprint density at radius 2 is 1.84 bits per heavy atom. The molecular weight excluding hydrogens is 317 g/mol. The molecule has 0 bridgehead atoms. The van der Waals surface area contributed by atoms with Crippen molar-refractivity contribution >= 4 is 17.5 Å². The number of hydrogen-bond donors (Lipinski definition) is 1. The fourth-order valence-electron chi connectivity index (χ4n) is 2.94. The van der Waals surface area contributed by atoms with E-state index in [2.05, 4.69) is 4.90 Å². The van der Waals surface area contributed by atoms with Crippen molar-refractivity contribution in [3.8, 4) is 0 Å². The third-order valence-electron chi connectivity index (χ3n) is 4.60. The molecule has 1 saturated heterocycles. The van der Waals surface area contributed by atoms with Crippen molar-refractivity contribution in [2.45, 2.75) is 25.9 Å². The summed E-state index contributed by atoms with van der Waals surface area (Å²) in [5.74, 6) is -0.382. The second-order valence-corrected chi connectivity index (χ2v) is 6.47. The van der Waals surface area contributed by atoms with Crippen molar-refractivity contribution < 1.29 is 14.3 Å². The maximum Gasteiger partial charge on any atom is 0.185 e. The first-order valence-electron chi connectivity index (χ1n) is 8.54. The van der Waals surface area contributed by atoms with Crippen LogP contribution in [0.1, 0.15) is 34.3 Å². The predicted octanol–water partition coefficient (Wildman–Crippen LogP) is 3.99. The SMILES string of the molecule is Cc1ccc(C=CC(=O)c2ccc(N3CCC(O)CC3)cc2)cc1F. The highest BCUT2D eigenvalue weighted by Gasteiger charge is 2.17. The number of rotatable bonds is 4. The van der Waals surface area contributed by atoms with E-state index in [1.54, 1.807) is 25.1 Å². The Bertz CT molecular complexity index is 775. The fraction of sp³-hybridized carbons (Fsp3) is 0.286. The number of nitrogens with zero attached hydrogens (tertiary/aromatic N) is 1. The highest BCUT2D eigenvalue weighted by molar-refractivity contribution is 6.06. The number of benzene rings is 2. The number of piperidine rings is 1.